The number of nitrogens with one attached hydrogen (secondary N) is 1. The predicted octanol–water partition coefficient (Wildman–Crippen LogP) is 1.17. The predicted molar refractivity (Wildman–Crippen MR) is 49.4 cm³/mol. The third-order valence-electron chi connectivity index (χ3n) is 1.33. The molecule has 0 saturated heterocycles. The number of likely N-dealkylation sites (N-methyl/N-ethyl adjacent to an activating group) is 1. The number of rotatable bonds is 3. The van der Waals surface area contributed by atoms with E-state index in [0.29, 0.717) is 12.3 Å². The van der Waals surface area contributed by atoms with E-state index in [9.17, 15) is 4.79 Å². The number of thiazole rings is 1. The highest BCUT2D eigenvalue weighted by atomic mass is 35.5. The molecule has 0 atom stereocenters. The molecule has 0 spiro atoms. The molecule has 1 heterocycles. The van der Waals surface area contributed by atoms with E-state index in [1.54, 1.807) is 7.05 Å². The second-order valence-corrected chi connectivity index (χ2v) is 3.43. The van der Waals surface area contributed by atoms with Crippen LogP contribution in [0.5, 0.6) is 0 Å². The molecule has 0 radical (unpaired) electrons. The maximum absolute atomic E-state index is 10.9. The Morgan fingerprint density at radius 2 is 2.58 bits per heavy atom. The lowest BCUT2D eigenvalue weighted by atomic mass is 10.4. The van der Waals surface area contributed by atoms with E-state index in [1.165, 1.54) is 11.3 Å². The Hall–Kier alpha value is -0.610. The lowest BCUT2D eigenvalue weighted by Crippen LogP contribution is -2.19. The van der Waals surface area contributed by atoms with Crippen molar-refractivity contribution < 1.29 is 4.79 Å². The fraction of sp³-hybridized carbons (Fsp3) is 0.429. The molecule has 1 N–H and O–H groups in total. The Morgan fingerprint density at radius 3 is 3.08 bits per heavy atom. The normalized spacial score (nSPS) is 9.83. The summed E-state index contributed by atoms with van der Waals surface area (Å²) in [7, 11) is 1.61. The summed E-state index contributed by atoms with van der Waals surface area (Å²) in [5.41, 5.74) is 0.834. The average molecular weight is 205 g/mol. The minimum atomic E-state index is -0.0227. The third kappa shape index (κ3) is 2.46. The van der Waals surface area contributed by atoms with Gasteiger partial charge in [-0.15, -0.1) is 22.9 Å². The molecule has 0 aromatic carbocycles. The summed E-state index contributed by atoms with van der Waals surface area (Å²) in [6.45, 7) is 0. The largest absolute Gasteiger partial charge is 0.359 e. The van der Waals surface area contributed by atoms with Gasteiger partial charge >= 0.3 is 0 Å². The second kappa shape index (κ2) is 4.42. The number of carbonyl (C=O) groups excluding carboxylic acids is 1. The van der Waals surface area contributed by atoms with Gasteiger partial charge in [0, 0.05) is 12.4 Å². The van der Waals surface area contributed by atoms with Crippen molar-refractivity contribution in [3.05, 3.63) is 16.1 Å². The summed E-state index contributed by atoms with van der Waals surface area (Å²) in [6.07, 6.45) is 0.345. The fourth-order valence-electron chi connectivity index (χ4n) is 0.717. The number of carbonyl (C=O) groups is 1. The van der Waals surface area contributed by atoms with Gasteiger partial charge < -0.3 is 5.32 Å². The molecule has 5 heteroatoms. The van der Waals surface area contributed by atoms with Crippen LogP contribution in [-0.2, 0) is 17.1 Å². The third-order valence-corrected chi connectivity index (χ3v) is 2.50. The zero-order chi connectivity index (χ0) is 8.97. The van der Waals surface area contributed by atoms with Crippen molar-refractivity contribution in [3.8, 4) is 0 Å². The van der Waals surface area contributed by atoms with Gasteiger partial charge in [-0.25, -0.2) is 4.98 Å². The number of nitrogens with zero attached hydrogens (tertiary/aromatic N) is 1. The minimum absolute atomic E-state index is 0.0227. The van der Waals surface area contributed by atoms with Gasteiger partial charge in [-0.05, 0) is 0 Å². The van der Waals surface area contributed by atoms with Gasteiger partial charge in [0.2, 0.25) is 5.91 Å². The number of halogens is 1. The van der Waals surface area contributed by atoms with Crippen LogP contribution < -0.4 is 5.32 Å². The summed E-state index contributed by atoms with van der Waals surface area (Å²) in [5.74, 6) is 0.384. The fourth-order valence-corrected chi connectivity index (χ4v) is 1.74. The van der Waals surface area contributed by atoms with Gasteiger partial charge in [-0.1, -0.05) is 0 Å². The Labute approximate surface area is 79.8 Å². The standard InChI is InChI=1S/C7H9ClN2OS/c1-9-6(11)2-7-10-5(3-8)4-12-7/h4H,2-3H2,1H3,(H,9,11). The molecule has 0 aliphatic carbocycles. The summed E-state index contributed by atoms with van der Waals surface area (Å²) < 4.78 is 0. The first-order valence-electron chi connectivity index (χ1n) is 3.46. The number of aromatic nitrogens is 1. The number of alkyl halides is 1. The van der Waals surface area contributed by atoms with Crippen LogP contribution in [0.4, 0.5) is 0 Å². The van der Waals surface area contributed by atoms with E-state index in [2.05, 4.69) is 10.3 Å². The molecule has 0 aliphatic heterocycles. The second-order valence-electron chi connectivity index (χ2n) is 2.22. The van der Waals surface area contributed by atoms with Crippen molar-refractivity contribution in [3.63, 3.8) is 0 Å². The first-order chi connectivity index (χ1) is 5.76. The van der Waals surface area contributed by atoms with E-state index in [4.69, 9.17) is 11.6 Å². The smallest absolute Gasteiger partial charge is 0.226 e. The van der Waals surface area contributed by atoms with Gasteiger partial charge in [-0.2, -0.15) is 0 Å². The first-order valence-corrected chi connectivity index (χ1v) is 4.87. The Balaban J connectivity index is 2.58. The highest BCUT2D eigenvalue weighted by molar-refractivity contribution is 7.09. The number of hydrogen-bond donors (Lipinski definition) is 1. The zero-order valence-electron chi connectivity index (χ0n) is 6.63. The molecule has 1 aromatic rings. The topological polar surface area (TPSA) is 42.0 Å². The number of amides is 1. The average Bonchev–Trinajstić information content (AvgIpc) is 2.52. The van der Waals surface area contributed by atoms with Crippen LogP contribution in [0.25, 0.3) is 0 Å². The molecular formula is C7H9ClN2OS. The molecule has 0 bridgehead atoms. The summed E-state index contributed by atoms with van der Waals surface area (Å²) >= 11 is 7.02. The minimum Gasteiger partial charge on any atom is -0.359 e. The summed E-state index contributed by atoms with van der Waals surface area (Å²) in [4.78, 5) is 15.0. The van der Waals surface area contributed by atoms with E-state index < -0.39 is 0 Å². The quantitative estimate of drug-likeness (QED) is 0.752. The van der Waals surface area contributed by atoms with Crippen LogP contribution in [-0.4, -0.2) is 17.9 Å². The van der Waals surface area contributed by atoms with Crippen LogP contribution >= 0.6 is 22.9 Å². The van der Waals surface area contributed by atoms with Gasteiger partial charge in [0.1, 0.15) is 5.01 Å². The molecule has 3 nitrogen and oxygen atoms in total. The van der Waals surface area contributed by atoms with E-state index in [-0.39, 0.29) is 5.91 Å². The van der Waals surface area contributed by atoms with E-state index in [0.717, 1.165) is 10.7 Å². The van der Waals surface area contributed by atoms with Crippen LogP contribution in [0.3, 0.4) is 0 Å². The van der Waals surface area contributed by atoms with Crippen LogP contribution in [0.15, 0.2) is 5.38 Å². The number of hydrogen-bond acceptors (Lipinski definition) is 3. The van der Waals surface area contributed by atoms with Crippen molar-refractivity contribution in [2.45, 2.75) is 12.3 Å². The van der Waals surface area contributed by atoms with Gasteiger partial charge in [0.25, 0.3) is 0 Å². The molecule has 0 aliphatic rings. The summed E-state index contributed by atoms with van der Waals surface area (Å²) in [5, 5.41) is 5.21. The molecule has 0 unspecified atom stereocenters. The van der Waals surface area contributed by atoms with Crippen molar-refractivity contribution in [2.75, 3.05) is 7.05 Å². The Kier molecular flexibility index (Phi) is 3.49. The molecule has 1 rings (SSSR count). The van der Waals surface area contributed by atoms with Gasteiger partial charge in [-0.3, -0.25) is 4.79 Å². The van der Waals surface area contributed by atoms with Gasteiger partial charge in [0.15, 0.2) is 0 Å². The molecule has 66 valence electrons. The molecule has 0 fully saturated rings. The summed E-state index contributed by atoms with van der Waals surface area (Å²) in [6, 6.07) is 0. The van der Waals surface area contributed by atoms with E-state index >= 15 is 0 Å². The zero-order valence-corrected chi connectivity index (χ0v) is 8.21. The maximum Gasteiger partial charge on any atom is 0.226 e. The maximum atomic E-state index is 10.9. The lowest BCUT2D eigenvalue weighted by Gasteiger charge is -1.93. The van der Waals surface area contributed by atoms with Crippen molar-refractivity contribution in [1.29, 1.82) is 0 Å². The molecule has 0 saturated carbocycles. The SMILES string of the molecule is CNC(=O)Cc1nc(CCl)cs1. The molecule has 1 amide bonds. The van der Waals surface area contributed by atoms with Crippen LogP contribution in [0.2, 0.25) is 0 Å². The van der Waals surface area contributed by atoms with Crippen molar-refractivity contribution in [2.24, 2.45) is 0 Å². The van der Waals surface area contributed by atoms with Crippen LogP contribution in [0.1, 0.15) is 10.7 Å². The van der Waals surface area contributed by atoms with Crippen molar-refractivity contribution in [1.82, 2.24) is 10.3 Å². The molecule has 12 heavy (non-hydrogen) atoms. The Bertz CT molecular complexity index is 274. The molecular weight excluding hydrogens is 196 g/mol. The first kappa shape index (κ1) is 9.48. The Morgan fingerprint density at radius 1 is 1.83 bits per heavy atom. The van der Waals surface area contributed by atoms with Gasteiger partial charge in [0.05, 0.1) is 18.0 Å². The molecule has 1 aromatic heterocycles. The highest BCUT2D eigenvalue weighted by Gasteiger charge is 2.05. The van der Waals surface area contributed by atoms with Crippen molar-refractivity contribution >= 4 is 28.8 Å². The highest BCUT2D eigenvalue weighted by Crippen LogP contribution is 2.11. The monoisotopic (exact) mass is 204 g/mol. The lowest BCUT2D eigenvalue weighted by molar-refractivity contribution is -0.119. The van der Waals surface area contributed by atoms with Crippen LogP contribution in [0, 0.1) is 0 Å². The van der Waals surface area contributed by atoms with E-state index in [1.807, 2.05) is 5.38 Å².